The topological polar surface area (TPSA) is 62.1 Å². The van der Waals surface area contributed by atoms with Gasteiger partial charge in [0.05, 0.1) is 18.0 Å². The fourth-order valence-corrected chi connectivity index (χ4v) is 2.25. The number of rotatable bonds is 4. The van der Waals surface area contributed by atoms with Gasteiger partial charge in [-0.3, -0.25) is 4.98 Å². The number of nitrogens with zero attached hydrogens (tertiary/aromatic N) is 4. The molecule has 0 saturated carbocycles. The van der Waals surface area contributed by atoms with Gasteiger partial charge in [0.2, 0.25) is 0 Å². The third-order valence-electron chi connectivity index (χ3n) is 3.39. The summed E-state index contributed by atoms with van der Waals surface area (Å²) >= 11 is 0. The second kappa shape index (κ2) is 6.11. The van der Waals surface area contributed by atoms with E-state index in [1.54, 1.807) is 10.9 Å². The molecule has 0 radical (unpaired) electrons. The lowest BCUT2D eigenvalue weighted by Crippen LogP contribution is -2.22. The van der Waals surface area contributed by atoms with Crippen LogP contribution in [0.5, 0.6) is 0 Å². The van der Waals surface area contributed by atoms with Crippen LogP contribution >= 0.6 is 0 Å². The van der Waals surface area contributed by atoms with E-state index in [9.17, 15) is 0 Å². The van der Waals surface area contributed by atoms with Gasteiger partial charge in [-0.15, -0.1) is 5.10 Å². The van der Waals surface area contributed by atoms with Crippen molar-refractivity contribution in [3.8, 4) is 11.4 Å². The quantitative estimate of drug-likeness (QED) is 0.852. The molecule has 3 rings (SSSR count). The largest absolute Gasteiger partial charge is 0.353 e. The normalized spacial score (nSPS) is 19.1. The van der Waals surface area contributed by atoms with Crippen molar-refractivity contribution in [2.24, 2.45) is 7.05 Å². The van der Waals surface area contributed by atoms with Crippen molar-refractivity contribution in [2.75, 3.05) is 6.61 Å². The number of ether oxygens (including phenoxy) is 2. The molecule has 0 N–H and O–H groups in total. The molecule has 1 fully saturated rings. The molecule has 1 aliphatic rings. The number of pyridine rings is 1. The molecular formula is C14H18N4O2. The minimum Gasteiger partial charge on any atom is -0.353 e. The fraction of sp³-hybridized carbons (Fsp3) is 0.500. The molecule has 106 valence electrons. The number of aryl methyl sites for hydroxylation is 1. The smallest absolute Gasteiger partial charge is 0.158 e. The Balaban J connectivity index is 1.74. The van der Waals surface area contributed by atoms with Crippen LogP contribution in [0, 0.1) is 0 Å². The first-order chi connectivity index (χ1) is 9.84. The SMILES string of the molecule is Cn1nnc(-c2ccccn2)c1COC1CCCCO1. The van der Waals surface area contributed by atoms with Gasteiger partial charge in [-0.05, 0) is 31.4 Å². The van der Waals surface area contributed by atoms with E-state index in [2.05, 4.69) is 15.3 Å². The maximum absolute atomic E-state index is 5.82. The third-order valence-corrected chi connectivity index (χ3v) is 3.39. The van der Waals surface area contributed by atoms with Gasteiger partial charge in [-0.1, -0.05) is 11.3 Å². The van der Waals surface area contributed by atoms with Gasteiger partial charge in [0.15, 0.2) is 6.29 Å². The molecule has 1 unspecified atom stereocenters. The maximum atomic E-state index is 5.82. The van der Waals surface area contributed by atoms with Crippen LogP contribution in [0.1, 0.15) is 25.0 Å². The predicted molar refractivity (Wildman–Crippen MR) is 72.6 cm³/mol. The second-order valence-corrected chi connectivity index (χ2v) is 4.83. The van der Waals surface area contributed by atoms with Gasteiger partial charge in [-0.2, -0.15) is 0 Å². The fourth-order valence-electron chi connectivity index (χ4n) is 2.25. The van der Waals surface area contributed by atoms with Crippen molar-refractivity contribution in [2.45, 2.75) is 32.2 Å². The molecule has 0 spiro atoms. The molecule has 0 aliphatic carbocycles. The number of hydrogen-bond acceptors (Lipinski definition) is 5. The van der Waals surface area contributed by atoms with Crippen molar-refractivity contribution >= 4 is 0 Å². The van der Waals surface area contributed by atoms with Crippen LogP contribution in [0.15, 0.2) is 24.4 Å². The van der Waals surface area contributed by atoms with Crippen molar-refractivity contribution in [3.63, 3.8) is 0 Å². The summed E-state index contributed by atoms with van der Waals surface area (Å²) in [4.78, 5) is 4.32. The Morgan fingerprint density at radius 2 is 2.35 bits per heavy atom. The molecule has 3 heterocycles. The molecule has 6 nitrogen and oxygen atoms in total. The zero-order valence-corrected chi connectivity index (χ0v) is 11.5. The number of hydrogen-bond donors (Lipinski definition) is 0. The summed E-state index contributed by atoms with van der Waals surface area (Å²) in [5, 5.41) is 8.24. The maximum Gasteiger partial charge on any atom is 0.158 e. The minimum absolute atomic E-state index is 0.116. The predicted octanol–water partition coefficient (Wildman–Crippen LogP) is 1.92. The summed E-state index contributed by atoms with van der Waals surface area (Å²) in [7, 11) is 1.86. The molecule has 0 bridgehead atoms. The van der Waals surface area contributed by atoms with E-state index in [-0.39, 0.29) is 6.29 Å². The van der Waals surface area contributed by atoms with Gasteiger partial charge in [0.25, 0.3) is 0 Å². The average Bonchev–Trinajstić information content (AvgIpc) is 2.88. The van der Waals surface area contributed by atoms with Gasteiger partial charge in [-0.25, -0.2) is 4.68 Å². The lowest BCUT2D eigenvalue weighted by Gasteiger charge is -2.22. The lowest BCUT2D eigenvalue weighted by molar-refractivity contribution is -0.169. The van der Waals surface area contributed by atoms with E-state index in [0.717, 1.165) is 43.0 Å². The van der Waals surface area contributed by atoms with E-state index in [0.29, 0.717) is 6.61 Å². The highest BCUT2D eigenvalue weighted by Gasteiger charge is 2.18. The highest BCUT2D eigenvalue weighted by Crippen LogP contribution is 2.21. The Hall–Kier alpha value is -1.79. The molecule has 0 aromatic carbocycles. The van der Waals surface area contributed by atoms with Crippen LogP contribution in [0.3, 0.4) is 0 Å². The van der Waals surface area contributed by atoms with Crippen LogP contribution in [0.25, 0.3) is 11.4 Å². The summed E-state index contributed by atoms with van der Waals surface area (Å²) in [6.07, 6.45) is 4.85. The standard InChI is InChI=1S/C14H18N4O2/c1-18-12(10-20-13-7-3-5-9-19-13)14(16-17-18)11-6-2-4-8-15-11/h2,4,6,8,13H,3,5,7,9-10H2,1H3. The van der Waals surface area contributed by atoms with E-state index >= 15 is 0 Å². The van der Waals surface area contributed by atoms with Crippen molar-refractivity contribution in [3.05, 3.63) is 30.1 Å². The zero-order chi connectivity index (χ0) is 13.8. The molecule has 1 atom stereocenters. The molecule has 6 heteroatoms. The second-order valence-electron chi connectivity index (χ2n) is 4.83. The van der Waals surface area contributed by atoms with Gasteiger partial charge < -0.3 is 9.47 Å². The van der Waals surface area contributed by atoms with Crippen LogP contribution < -0.4 is 0 Å². The molecule has 2 aromatic rings. The van der Waals surface area contributed by atoms with Crippen molar-refractivity contribution in [1.29, 1.82) is 0 Å². The first-order valence-corrected chi connectivity index (χ1v) is 6.88. The molecule has 0 amide bonds. The van der Waals surface area contributed by atoms with Crippen molar-refractivity contribution in [1.82, 2.24) is 20.0 Å². The van der Waals surface area contributed by atoms with Crippen LogP contribution in [-0.4, -0.2) is 32.9 Å². The Bertz CT molecular complexity index is 550. The third kappa shape index (κ3) is 2.86. The minimum atomic E-state index is -0.116. The molecule has 1 saturated heterocycles. The van der Waals surface area contributed by atoms with Crippen LogP contribution in [0.4, 0.5) is 0 Å². The Kier molecular flexibility index (Phi) is 4.03. The molecule has 2 aromatic heterocycles. The Labute approximate surface area is 117 Å². The molecular weight excluding hydrogens is 256 g/mol. The van der Waals surface area contributed by atoms with Crippen LogP contribution in [-0.2, 0) is 23.1 Å². The lowest BCUT2D eigenvalue weighted by atomic mass is 10.2. The highest BCUT2D eigenvalue weighted by atomic mass is 16.7. The Morgan fingerprint density at radius 3 is 3.10 bits per heavy atom. The number of aromatic nitrogens is 4. The summed E-state index contributed by atoms with van der Waals surface area (Å²) in [6, 6.07) is 5.74. The van der Waals surface area contributed by atoms with Crippen LogP contribution in [0.2, 0.25) is 0 Å². The summed E-state index contributed by atoms with van der Waals surface area (Å²) in [5.41, 5.74) is 2.49. The van der Waals surface area contributed by atoms with E-state index in [4.69, 9.17) is 9.47 Å². The summed E-state index contributed by atoms with van der Waals surface area (Å²) in [5.74, 6) is 0. The Morgan fingerprint density at radius 1 is 1.40 bits per heavy atom. The van der Waals surface area contributed by atoms with E-state index in [1.807, 2.05) is 25.2 Å². The summed E-state index contributed by atoms with van der Waals surface area (Å²) < 4.78 is 13.1. The van der Waals surface area contributed by atoms with Crippen molar-refractivity contribution < 1.29 is 9.47 Å². The average molecular weight is 274 g/mol. The van der Waals surface area contributed by atoms with Gasteiger partial charge >= 0.3 is 0 Å². The molecule has 20 heavy (non-hydrogen) atoms. The zero-order valence-electron chi connectivity index (χ0n) is 11.5. The highest BCUT2D eigenvalue weighted by molar-refractivity contribution is 5.55. The van der Waals surface area contributed by atoms with Gasteiger partial charge in [0, 0.05) is 19.9 Å². The molecule has 1 aliphatic heterocycles. The summed E-state index contributed by atoms with van der Waals surface area (Å²) in [6.45, 7) is 1.21. The first-order valence-electron chi connectivity index (χ1n) is 6.88. The van der Waals surface area contributed by atoms with E-state index < -0.39 is 0 Å². The monoisotopic (exact) mass is 274 g/mol. The van der Waals surface area contributed by atoms with E-state index in [1.165, 1.54) is 0 Å². The van der Waals surface area contributed by atoms with Gasteiger partial charge in [0.1, 0.15) is 5.69 Å². The first kappa shape index (κ1) is 13.2.